The van der Waals surface area contributed by atoms with E-state index in [-0.39, 0.29) is 0 Å². The van der Waals surface area contributed by atoms with Crippen molar-refractivity contribution in [3.63, 3.8) is 0 Å². The predicted molar refractivity (Wildman–Crippen MR) is 118 cm³/mol. The molecule has 29 heavy (non-hydrogen) atoms. The number of carbonyl (C=O) groups excluding carboxylic acids is 1. The number of unbranched alkanes of at least 4 members (excludes halogenated alkanes) is 2. The van der Waals surface area contributed by atoms with E-state index in [1.165, 1.54) is 38.5 Å². The van der Waals surface area contributed by atoms with Gasteiger partial charge >= 0.3 is 0 Å². The number of pyridine rings is 1. The van der Waals surface area contributed by atoms with Crippen LogP contribution in [-0.2, 0) is 4.79 Å². The van der Waals surface area contributed by atoms with Gasteiger partial charge in [0.25, 0.3) is 0 Å². The van der Waals surface area contributed by atoms with Crippen LogP contribution in [0.5, 0.6) is 0 Å². The highest BCUT2D eigenvalue weighted by atomic mass is 16.2. The van der Waals surface area contributed by atoms with Gasteiger partial charge in [0, 0.05) is 57.4 Å². The van der Waals surface area contributed by atoms with Gasteiger partial charge in [0.2, 0.25) is 5.91 Å². The molecule has 1 aliphatic carbocycles. The van der Waals surface area contributed by atoms with Crippen molar-refractivity contribution in [3.8, 4) is 0 Å². The summed E-state index contributed by atoms with van der Waals surface area (Å²) in [5.41, 5.74) is 0. The van der Waals surface area contributed by atoms with E-state index in [0.29, 0.717) is 17.9 Å². The van der Waals surface area contributed by atoms with Crippen molar-refractivity contribution in [3.05, 3.63) is 24.4 Å². The summed E-state index contributed by atoms with van der Waals surface area (Å²) in [5, 5.41) is 0. The third-order valence-corrected chi connectivity index (χ3v) is 7.39. The summed E-state index contributed by atoms with van der Waals surface area (Å²) in [6, 6.07) is 6.69. The van der Waals surface area contributed by atoms with Crippen molar-refractivity contribution in [2.75, 3.05) is 44.2 Å². The monoisotopic (exact) mass is 398 g/mol. The first-order valence-corrected chi connectivity index (χ1v) is 11.9. The van der Waals surface area contributed by atoms with Crippen LogP contribution in [0.25, 0.3) is 0 Å². The second-order valence-electron chi connectivity index (χ2n) is 9.32. The summed E-state index contributed by atoms with van der Waals surface area (Å²) in [4.78, 5) is 24.5. The maximum atomic E-state index is 12.9. The lowest BCUT2D eigenvalue weighted by Crippen LogP contribution is -2.65. The molecule has 0 radical (unpaired) electrons. The molecule has 5 nitrogen and oxygen atoms in total. The number of nitrogens with zero attached hydrogens (tertiary/aromatic N) is 4. The Balaban J connectivity index is 1.15. The van der Waals surface area contributed by atoms with Crippen molar-refractivity contribution in [2.45, 2.75) is 64.3 Å². The van der Waals surface area contributed by atoms with Crippen molar-refractivity contribution < 1.29 is 4.79 Å². The van der Waals surface area contributed by atoms with Crippen LogP contribution in [0.2, 0.25) is 0 Å². The molecular weight excluding hydrogens is 360 g/mol. The molecule has 4 rings (SSSR count). The minimum absolute atomic E-state index is 0.305. The zero-order valence-corrected chi connectivity index (χ0v) is 18.1. The normalized spacial score (nSPS) is 26.4. The van der Waals surface area contributed by atoms with Gasteiger partial charge in [0.15, 0.2) is 0 Å². The standard InChI is InChI=1S/C24H38N4O/c1-2-3-4-7-20-9-11-21(12-10-20)24(29)28-18-22(19-28)26-14-16-27(17-15-26)23-8-5-6-13-25-23/h5-6,8,13,20-22H,2-4,7,9-12,14-19H2,1H3. The van der Waals surface area contributed by atoms with Crippen LogP contribution in [0.3, 0.4) is 0 Å². The van der Waals surface area contributed by atoms with Gasteiger partial charge in [-0.15, -0.1) is 0 Å². The number of amides is 1. The minimum atomic E-state index is 0.305. The number of rotatable bonds is 7. The number of aromatic nitrogens is 1. The number of carbonyl (C=O) groups is 1. The van der Waals surface area contributed by atoms with Gasteiger partial charge in [-0.25, -0.2) is 4.98 Å². The summed E-state index contributed by atoms with van der Waals surface area (Å²) in [5.74, 6) is 2.72. The first kappa shape index (κ1) is 20.6. The molecule has 2 saturated heterocycles. The smallest absolute Gasteiger partial charge is 0.225 e. The molecule has 0 spiro atoms. The molecule has 0 bridgehead atoms. The average Bonchev–Trinajstić information content (AvgIpc) is 2.74. The van der Waals surface area contributed by atoms with Crippen LogP contribution in [0.1, 0.15) is 58.3 Å². The Hall–Kier alpha value is -1.62. The molecular formula is C24H38N4O. The summed E-state index contributed by atoms with van der Waals surface area (Å²) in [7, 11) is 0. The van der Waals surface area contributed by atoms with Crippen LogP contribution >= 0.6 is 0 Å². The Morgan fingerprint density at radius 3 is 2.45 bits per heavy atom. The largest absolute Gasteiger partial charge is 0.354 e. The molecule has 160 valence electrons. The quantitative estimate of drug-likeness (QED) is 0.655. The summed E-state index contributed by atoms with van der Waals surface area (Å²) in [6.45, 7) is 8.37. The van der Waals surface area contributed by atoms with Crippen LogP contribution in [0.4, 0.5) is 5.82 Å². The molecule has 0 unspecified atom stereocenters. The second kappa shape index (κ2) is 9.92. The first-order valence-electron chi connectivity index (χ1n) is 11.9. The van der Waals surface area contributed by atoms with Crippen molar-refractivity contribution in [2.24, 2.45) is 11.8 Å². The van der Waals surface area contributed by atoms with Gasteiger partial charge in [-0.2, -0.15) is 0 Å². The Morgan fingerprint density at radius 1 is 1.03 bits per heavy atom. The SMILES string of the molecule is CCCCCC1CCC(C(=O)N2CC(N3CCN(c4ccccn4)CC3)C2)CC1. The Labute approximate surface area is 176 Å². The van der Waals surface area contributed by atoms with Gasteiger partial charge in [-0.05, 0) is 43.7 Å². The second-order valence-corrected chi connectivity index (χ2v) is 9.32. The van der Waals surface area contributed by atoms with Crippen LogP contribution in [-0.4, -0.2) is 66.0 Å². The van der Waals surface area contributed by atoms with Crippen molar-refractivity contribution >= 4 is 11.7 Å². The maximum absolute atomic E-state index is 12.9. The van der Waals surface area contributed by atoms with Crippen LogP contribution in [0.15, 0.2) is 24.4 Å². The molecule has 0 N–H and O–H groups in total. The van der Waals surface area contributed by atoms with Crippen molar-refractivity contribution in [1.29, 1.82) is 0 Å². The summed E-state index contributed by atoms with van der Waals surface area (Å²) >= 11 is 0. The van der Waals surface area contributed by atoms with E-state index in [2.05, 4.69) is 38.7 Å². The number of anilines is 1. The van der Waals surface area contributed by atoms with Crippen molar-refractivity contribution in [1.82, 2.24) is 14.8 Å². The molecule has 1 aromatic rings. The predicted octanol–water partition coefficient (Wildman–Crippen LogP) is 3.80. The van der Waals surface area contributed by atoms with E-state index in [4.69, 9.17) is 0 Å². The lowest BCUT2D eigenvalue weighted by atomic mass is 9.79. The third kappa shape index (κ3) is 5.11. The third-order valence-electron chi connectivity index (χ3n) is 7.39. The molecule has 0 atom stereocenters. The highest BCUT2D eigenvalue weighted by molar-refractivity contribution is 5.79. The van der Waals surface area contributed by atoms with Gasteiger partial charge in [0.05, 0.1) is 0 Å². The van der Waals surface area contributed by atoms with Crippen LogP contribution in [0, 0.1) is 11.8 Å². The molecule has 1 aromatic heterocycles. The number of hydrogen-bond acceptors (Lipinski definition) is 4. The van der Waals surface area contributed by atoms with Gasteiger partial charge in [-0.3, -0.25) is 9.69 Å². The van der Waals surface area contributed by atoms with E-state index in [1.807, 2.05) is 12.3 Å². The molecule has 1 amide bonds. The van der Waals surface area contributed by atoms with E-state index < -0.39 is 0 Å². The molecule has 3 aliphatic rings. The summed E-state index contributed by atoms with van der Waals surface area (Å²) < 4.78 is 0. The molecule has 3 fully saturated rings. The van der Waals surface area contributed by atoms with Gasteiger partial charge < -0.3 is 9.80 Å². The highest BCUT2D eigenvalue weighted by Gasteiger charge is 2.39. The van der Waals surface area contributed by atoms with Gasteiger partial charge in [-0.1, -0.05) is 38.7 Å². The zero-order valence-electron chi connectivity index (χ0n) is 18.1. The Bertz CT molecular complexity index is 630. The fraction of sp³-hybridized carbons (Fsp3) is 0.750. The van der Waals surface area contributed by atoms with Gasteiger partial charge in [0.1, 0.15) is 5.82 Å². The fourth-order valence-corrected chi connectivity index (χ4v) is 5.36. The van der Waals surface area contributed by atoms with Crippen LogP contribution < -0.4 is 4.90 Å². The Morgan fingerprint density at radius 2 is 1.79 bits per heavy atom. The van der Waals surface area contributed by atoms with E-state index in [0.717, 1.165) is 63.8 Å². The van der Waals surface area contributed by atoms with E-state index in [1.54, 1.807) is 0 Å². The molecule has 3 heterocycles. The molecule has 0 aromatic carbocycles. The highest BCUT2D eigenvalue weighted by Crippen LogP contribution is 2.34. The Kier molecular flexibility index (Phi) is 7.06. The first-order chi connectivity index (χ1) is 14.2. The summed E-state index contributed by atoms with van der Waals surface area (Å²) in [6.07, 6.45) is 12.1. The molecule has 1 saturated carbocycles. The fourth-order valence-electron chi connectivity index (χ4n) is 5.36. The lowest BCUT2D eigenvalue weighted by molar-refractivity contribution is -0.144. The molecule has 5 heteroatoms. The molecule has 2 aliphatic heterocycles. The zero-order chi connectivity index (χ0) is 20.1. The maximum Gasteiger partial charge on any atom is 0.225 e. The number of hydrogen-bond donors (Lipinski definition) is 0. The van der Waals surface area contributed by atoms with E-state index >= 15 is 0 Å². The lowest BCUT2D eigenvalue weighted by Gasteiger charge is -2.49. The topological polar surface area (TPSA) is 39.7 Å². The minimum Gasteiger partial charge on any atom is -0.354 e. The average molecular weight is 399 g/mol. The van der Waals surface area contributed by atoms with E-state index in [9.17, 15) is 4.79 Å². The number of piperazine rings is 1. The number of likely N-dealkylation sites (tertiary alicyclic amines) is 1.